The van der Waals surface area contributed by atoms with Gasteiger partial charge in [0.15, 0.2) is 0 Å². The highest BCUT2D eigenvalue weighted by Gasteiger charge is 2.26. The maximum atomic E-state index is 10.9. The number of pyridine rings is 1. The van der Waals surface area contributed by atoms with Crippen LogP contribution >= 0.6 is 0 Å². The van der Waals surface area contributed by atoms with Gasteiger partial charge in [-0.25, -0.2) is 4.98 Å². The third kappa shape index (κ3) is 3.15. The highest BCUT2D eigenvalue weighted by Crippen LogP contribution is 2.22. The van der Waals surface area contributed by atoms with Crippen LogP contribution in [0.15, 0.2) is 36.4 Å². The Hall–Kier alpha value is -3.07. The standard InChI is InChI=1S/C18H18N4O2/c1-24-16-5-2-14(3-6-16)17-7-4-15(12-19)18(20-17)22-10-8-21(13-23)9-11-22/h2-7,13H,8-11H2,1H3/p+1. The number of hydrogen-bond donors (Lipinski definition) is 0. The molecule has 0 bridgehead atoms. The zero-order chi connectivity index (χ0) is 16.9. The number of amides is 1. The first-order valence-electron chi connectivity index (χ1n) is 7.80. The minimum atomic E-state index is 0.604. The normalized spacial score (nSPS) is 14.2. The Morgan fingerprint density at radius 2 is 1.83 bits per heavy atom. The number of anilines is 1. The number of ether oxygens (including phenoxy) is 1. The number of piperazine rings is 1. The van der Waals surface area contributed by atoms with Crippen molar-refractivity contribution >= 4 is 12.2 Å². The maximum Gasteiger partial charge on any atom is 0.293 e. The second kappa shape index (κ2) is 7.01. The number of benzene rings is 1. The van der Waals surface area contributed by atoms with Crippen molar-refractivity contribution in [1.29, 1.82) is 5.26 Å². The Morgan fingerprint density at radius 1 is 1.12 bits per heavy atom. The van der Waals surface area contributed by atoms with E-state index in [9.17, 15) is 10.1 Å². The summed E-state index contributed by atoms with van der Waals surface area (Å²) in [5, 5.41) is 9.40. The van der Waals surface area contributed by atoms with E-state index in [0.717, 1.165) is 29.2 Å². The lowest BCUT2D eigenvalue weighted by Gasteiger charge is -2.28. The summed E-state index contributed by atoms with van der Waals surface area (Å²) in [6.45, 7) is 2.73. The summed E-state index contributed by atoms with van der Waals surface area (Å²) in [6, 6.07) is 13.7. The average molecular weight is 323 g/mol. The summed E-state index contributed by atoms with van der Waals surface area (Å²) >= 11 is 0. The number of nitrogens with one attached hydrogen (secondary N) is 1. The van der Waals surface area contributed by atoms with Gasteiger partial charge in [-0.3, -0.25) is 9.69 Å². The predicted molar refractivity (Wildman–Crippen MR) is 89.6 cm³/mol. The second-order valence-corrected chi connectivity index (χ2v) is 5.60. The van der Waals surface area contributed by atoms with Gasteiger partial charge >= 0.3 is 0 Å². The van der Waals surface area contributed by atoms with Crippen molar-refractivity contribution in [1.82, 2.24) is 4.90 Å². The molecule has 1 saturated heterocycles. The summed E-state index contributed by atoms with van der Waals surface area (Å²) < 4.78 is 5.19. The van der Waals surface area contributed by atoms with Crippen molar-refractivity contribution in [2.24, 2.45) is 0 Å². The van der Waals surface area contributed by atoms with Crippen LogP contribution in [0, 0.1) is 11.3 Å². The van der Waals surface area contributed by atoms with Crippen LogP contribution in [0.1, 0.15) is 5.56 Å². The molecule has 0 saturated carbocycles. The average Bonchev–Trinajstić information content (AvgIpc) is 2.67. The van der Waals surface area contributed by atoms with Crippen LogP contribution in [0.3, 0.4) is 0 Å². The maximum absolute atomic E-state index is 10.9. The molecule has 0 radical (unpaired) electrons. The smallest absolute Gasteiger partial charge is 0.293 e. The lowest BCUT2D eigenvalue weighted by atomic mass is 10.1. The fraction of sp³-hybridized carbons (Fsp3) is 0.278. The van der Waals surface area contributed by atoms with Crippen LogP contribution in [0.4, 0.5) is 5.82 Å². The lowest BCUT2D eigenvalue weighted by Crippen LogP contribution is -2.47. The van der Waals surface area contributed by atoms with E-state index in [4.69, 9.17) is 4.74 Å². The van der Waals surface area contributed by atoms with Gasteiger partial charge in [0.1, 0.15) is 36.2 Å². The van der Waals surface area contributed by atoms with Crippen LogP contribution in [0.25, 0.3) is 11.3 Å². The van der Waals surface area contributed by atoms with Crippen LogP contribution in [-0.2, 0) is 4.79 Å². The fourth-order valence-corrected chi connectivity index (χ4v) is 2.81. The van der Waals surface area contributed by atoms with Gasteiger partial charge in [0.25, 0.3) is 5.82 Å². The Labute approximate surface area is 140 Å². The minimum Gasteiger partial charge on any atom is -0.497 e. The monoisotopic (exact) mass is 323 g/mol. The molecule has 122 valence electrons. The number of H-pyrrole nitrogens is 1. The third-order valence-electron chi connectivity index (χ3n) is 4.23. The molecule has 1 N–H and O–H groups in total. The molecule has 6 nitrogen and oxygen atoms in total. The van der Waals surface area contributed by atoms with E-state index >= 15 is 0 Å². The number of aromatic amines is 1. The number of nitriles is 1. The number of carbonyl (C=O) groups is 1. The summed E-state index contributed by atoms with van der Waals surface area (Å²) in [7, 11) is 1.64. The summed E-state index contributed by atoms with van der Waals surface area (Å²) in [5.74, 6) is 1.61. The first-order chi connectivity index (χ1) is 11.7. The largest absolute Gasteiger partial charge is 0.497 e. The molecule has 0 spiro atoms. The first-order valence-corrected chi connectivity index (χ1v) is 7.80. The quantitative estimate of drug-likeness (QED) is 0.796. The number of rotatable bonds is 4. The number of methoxy groups -OCH3 is 1. The van der Waals surface area contributed by atoms with Crippen LogP contribution in [0.5, 0.6) is 5.75 Å². The van der Waals surface area contributed by atoms with Crippen LogP contribution in [0.2, 0.25) is 0 Å². The number of nitrogens with zero attached hydrogens (tertiary/aromatic N) is 3. The highest BCUT2D eigenvalue weighted by atomic mass is 16.5. The number of hydrogen-bond acceptors (Lipinski definition) is 4. The molecule has 24 heavy (non-hydrogen) atoms. The van der Waals surface area contributed by atoms with E-state index in [2.05, 4.69) is 16.0 Å². The summed E-state index contributed by atoms with van der Waals surface area (Å²) in [6.07, 6.45) is 0.875. The minimum absolute atomic E-state index is 0.604. The third-order valence-corrected chi connectivity index (χ3v) is 4.23. The van der Waals surface area contributed by atoms with E-state index < -0.39 is 0 Å². The van der Waals surface area contributed by atoms with Crippen LogP contribution in [-0.4, -0.2) is 44.6 Å². The van der Waals surface area contributed by atoms with Gasteiger partial charge in [-0.05, 0) is 36.4 Å². The Kier molecular flexibility index (Phi) is 4.62. The van der Waals surface area contributed by atoms with Gasteiger partial charge in [0.2, 0.25) is 6.41 Å². The molecule has 1 aromatic heterocycles. The molecule has 3 rings (SSSR count). The van der Waals surface area contributed by atoms with Gasteiger partial charge in [-0.15, -0.1) is 0 Å². The zero-order valence-corrected chi connectivity index (χ0v) is 13.5. The molecule has 6 heteroatoms. The topological polar surface area (TPSA) is 70.7 Å². The number of carbonyl (C=O) groups excluding carboxylic acids is 1. The van der Waals surface area contributed by atoms with Crippen molar-refractivity contribution in [3.8, 4) is 23.1 Å². The van der Waals surface area contributed by atoms with E-state index in [1.807, 2.05) is 36.4 Å². The van der Waals surface area contributed by atoms with Crippen molar-refractivity contribution in [2.75, 3.05) is 38.2 Å². The molecule has 2 aromatic rings. The Morgan fingerprint density at radius 3 is 2.42 bits per heavy atom. The molecule has 0 aliphatic carbocycles. The van der Waals surface area contributed by atoms with Gasteiger partial charge in [0, 0.05) is 5.56 Å². The van der Waals surface area contributed by atoms with E-state index in [0.29, 0.717) is 31.7 Å². The Balaban J connectivity index is 1.90. The first kappa shape index (κ1) is 15.8. The molecule has 1 fully saturated rings. The van der Waals surface area contributed by atoms with Crippen LogP contribution < -0.4 is 14.6 Å². The van der Waals surface area contributed by atoms with Crippen molar-refractivity contribution in [3.63, 3.8) is 0 Å². The molecule has 1 aliphatic heterocycles. The number of aromatic nitrogens is 1. The summed E-state index contributed by atoms with van der Waals surface area (Å²) in [5.41, 5.74) is 2.56. The molecular formula is C18H19N4O2+. The van der Waals surface area contributed by atoms with Crippen molar-refractivity contribution < 1.29 is 14.5 Å². The highest BCUT2D eigenvalue weighted by molar-refractivity contribution is 5.61. The molecule has 0 atom stereocenters. The molecule has 1 aliphatic rings. The lowest BCUT2D eigenvalue weighted by molar-refractivity contribution is -0.351. The fourth-order valence-electron chi connectivity index (χ4n) is 2.81. The second-order valence-electron chi connectivity index (χ2n) is 5.60. The van der Waals surface area contributed by atoms with E-state index in [-0.39, 0.29) is 0 Å². The SMILES string of the molecule is COc1ccc(-c2ccc(C#N)c(N3CCN(C=O)CC3)[nH+]2)cc1. The molecular weight excluding hydrogens is 304 g/mol. The van der Waals surface area contributed by atoms with Crippen molar-refractivity contribution in [3.05, 3.63) is 42.0 Å². The summed E-state index contributed by atoms with van der Waals surface area (Å²) in [4.78, 5) is 18.1. The zero-order valence-electron chi connectivity index (χ0n) is 13.5. The predicted octanol–water partition coefficient (Wildman–Crippen LogP) is 1.33. The van der Waals surface area contributed by atoms with Gasteiger partial charge in [-0.2, -0.15) is 5.26 Å². The van der Waals surface area contributed by atoms with Gasteiger partial charge < -0.3 is 9.64 Å². The van der Waals surface area contributed by atoms with E-state index in [1.54, 1.807) is 12.0 Å². The van der Waals surface area contributed by atoms with Gasteiger partial charge in [-0.1, -0.05) is 0 Å². The van der Waals surface area contributed by atoms with E-state index in [1.165, 1.54) is 0 Å². The molecule has 0 unspecified atom stereocenters. The van der Waals surface area contributed by atoms with Gasteiger partial charge in [0.05, 0.1) is 20.2 Å². The Bertz CT molecular complexity index is 760. The molecule has 1 amide bonds. The molecule has 2 heterocycles. The van der Waals surface area contributed by atoms with Crippen molar-refractivity contribution in [2.45, 2.75) is 0 Å². The molecule has 1 aromatic carbocycles.